The molecule has 0 unspecified atom stereocenters. The van der Waals surface area contributed by atoms with E-state index in [0.717, 1.165) is 0 Å². The minimum absolute atomic E-state index is 0.370. The van der Waals surface area contributed by atoms with Crippen LogP contribution in [-0.2, 0) is 0 Å². The van der Waals surface area contributed by atoms with Crippen molar-refractivity contribution in [3.8, 4) is 0 Å². The van der Waals surface area contributed by atoms with Crippen LogP contribution in [0.15, 0.2) is 69.9 Å². The molecule has 0 saturated heterocycles. The van der Waals surface area contributed by atoms with Gasteiger partial charge in [0.25, 0.3) is 0 Å². The van der Waals surface area contributed by atoms with Gasteiger partial charge in [-0.25, -0.2) is 0 Å². The summed E-state index contributed by atoms with van der Waals surface area (Å²) >= 11 is 0. The van der Waals surface area contributed by atoms with Crippen LogP contribution >= 0.6 is 0 Å². The minimum Gasteiger partial charge on any atom is -0.0856 e. The molecule has 0 heteroatoms. The second-order valence-electron chi connectivity index (χ2n) is 11.5. The van der Waals surface area contributed by atoms with Gasteiger partial charge in [-0.15, -0.1) is 0 Å². The molecule has 0 heterocycles. The van der Waals surface area contributed by atoms with Crippen molar-refractivity contribution in [3.63, 3.8) is 0 Å². The van der Waals surface area contributed by atoms with Gasteiger partial charge in [0.15, 0.2) is 0 Å². The van der Waals surface area contributed by atoms with Gasteiger partial charge in [-0.2, -0.15) is 0 Å². The first-order valence-corrected chi connectivity index (χ1v) is 13.9. The Morgan fingerprint density at radius 2 is 0.765 bits per heavy atom. The summed E-state index contributed by atoms with van der Waals surface area (Å²) in [6, 6.07) is 0. The van der Waals surface area contributed by atoms with Crippen LogP contribution in [0.2, 0.25) is 0 Å². The maximum atomic E-state index is 2.51. The second-order valence-corrected chi connectivity index (χ2v) is 11.5. The molecule has 0 fully saturated rings. The fourth-order valence-corrected chi connectivity index (χ4v) is 3.89. The van der Waals surface area contributed by atoms with Crippen molar-refractivity contribution in [3.05, 3.63) is 69.9 Å². The van der Waals surface area contributed by atoms with Gasteiger partial charge in [0, 0.05) is 0 Å². The van der Waals surface area contributed by atoms with Gasteiger partial charge in [0.1, 0.15) is 0 Å². The molecule has 0 saturated carbocycles. The molecule has 0 aliphatic heterocycles. The van der Waals surface area contributed by atoms with Gasteiger partial charge < -0.3 is 0 Å². The Bertz CT molecular complexity index is 677. The highest BCUT2D eigenvalue weighted by Crippen LogP contribution is 2.32. The lowest BCUT2D eigenvalue weighted by atomic mass is 9.79. The van der Waals surface area contributed by atoms with Crippen molar-refractivity contribution in [1.29, 1.82) is 0 Å². The highest BCUT2D eigenvalue weighted by molar-refractivity contribution is 5.09. The van der Waals surface area contributed by atoms with Gasteiger partial charge in [0.2, 0.25) is 0 Å². The van der Waals surface area contributed by atoms with E-state index < -0.39 is 0 Å². The summed E-state index contributed by atoms with van der Waals surface area (Å²) in [4.78, 5) is 0. The van der Waals surface area contributed by atoms with Crippen LogP contribution in [0, 0.1) is 5.41 Å². The van der Waals surface area contributed by atoms with Crippen LogP contribution in [0.3, 0.4) is 0 Å². The fourth-order valence-electron chi connectivity index (χ4n) is 3.89. The number of hydrogen-bond donors (Lipinski definition) is 0. The first kappa shape index (κ1) is 32.4. The van der Waals surface area contributed by atoms with Gasteiger partial charge >= 0.3 is 0 Å². The normalized spacial score (nSPS) is 15.2. The number of hydrogen-bond acceptors (Lipinski definition) is 0. The maximum absolute atomic E-state index is 2.51. The third-order valence-corrected chi connectivity index (χ3v) is 6.99. The molecule has 0 radical (unpaired) electrons. The SMILES string of the molecule is CCC(C)(CC=C(C)CCC=C(C)CCC=C(C)C)CC=C(C)CCC=C(C)CCC=C(C)C. The Labute approximate surface area is 215 Å². The predicted molar refractivity (Wildman–Crippen MR) is 158 cm³/mol. The van der Waals surface area contributed by atoms with Crippen LogP contribution in [0.4, 0.5) is 0 Å². The Balaban J connectivity index is 4.53. The molecular weight excluding hydrogens is 408 g/mol. The summed E-state index contributed by atoms with van der Waals surface area (Å²) in [5.74, 6) is 0. The van der Waals surface area contributed by atoms with Crippen LogP contribution in [-0.4, -0.2) is 0 Å². The lowest BCUT2D eigenvalue weighted by Crippen LogP contribution is -2.13. The zero-order chi connectivity index (χ0) is 26.0. The lowest BCUT2D eigenvalue weighted by molar-refractivity contribution is 0.317. The lowest BCUT2D eigenvalue weighted by Gasteiger charge is -2.26. The van der Waals surface area contributed by atoms with Crippen molar-refractivity contribution >= 4 is 0 Å². The van der Waals surface area contributed by atoms with E-state index in [4.69, 9.17) is 0 Å². The molecule has 0 aromatic carbocycles. The molecular formula is C34H58. The molecule has 0 amide bonds. The zero-order valence-corrected chi connectivity index (χ0v) is 24.7. The summed E-state index contributed by atoms with van der Waals surface area (Å²) in [6.45, 7) is 22.7. The average molecular weight is 467 g/mol. The zero-order valence-electron chi connectivity index (χ0n) is 24.7. The molecule has 0 bridgehead atoms. The summed E-state index contributed by atoms with van der Waals surface area (Å²) in [5, 5.41) is 0. The van der Waals surface area contributed by atoms with Crippen molar-refractivity contribution in [2.24, 2.45) is 5.41 Å². The Hall–Kier alpha value is -1.56. The topological polar surface area (TPSA) is 0 Å². The van der Waals surface area contributed by atoms with Gasteiger partial charge in [-0.3, -0.25) is 0 Å². The Morgan fingerprint density at radius 3 is 1.06 bits per heavy atom. The summed E-state index contributed by atoms with van der Waals surface area (Å²) in [6.07, 6.45) is 27.7. The highest BCUT2D eigenvalue weighted by Gasteiger charge is 2.19. The van der Waals surface area contributed by atoms with E-state index in [0.29, 0.717) is 5.41 Å². The number of allylic oxidation sites excluding steroid dienone is 12. The van der Waals surface area contributed by atoms with Crippen molar-refractivity contribution < 1.29 is 0 Å². The summed E-state index contributed by atoms with van der Waals surface area (Å²) < 4.78 is 0. The van der Waals surface area contributed by atoms with E-state index in [1.54, 1.807) is 11.1 Å². The van der Waals surface area contributed by atoms with Gasteiger partial charge in [0.05, 0.1) is 0 Å². The summed E-state index contributed by atoms with van der Waals surface area (Å²) in [7, 11) is 0. The minimum atomic E-state index is 0.370. The monoisotopic (exact) mass is 466 g/mol. The average Bonchev–Trinajstić information content (AvgIpc) is 2.76. The van der Waals surface area contributed by atoms with Crippen molar-refractivity contribution in [1.82, 2.24) is 0 Å². The molecule has 194 valence electrons. The summed E-state index contributed by atoms with van der Waals surface area (Å²) in [5.41, 5.74) is 9.37. The van der Waals surface area contributed by atoms with E-state index in [1.807, 2.05) is 0 Å². The molecule has 0 N–H and O–H groups in total. The van der Waals surface area contributed by atoms with Crippen molar-refractivity contribution in [2.75, 3.05) is 0 Å². The smallest absolute Gasteiger partial charge is 0.0259 e. The third-order valence-electron chi connectivity index (χ3n) is 6.99. The first-order chi connectivity index (χ1) is 16.0. The molecule has 0 rings (SSSR count). The van der Waals surface area contributed by atoms with E-state index in [2.05, 4.69) is 106 Å². The Kier molecular flexibility index (Phi) is 17.9. The van der Waals surface area contributed by atoms with E-state index in [9.17, 15) is 0 Å². The molecule has 0 nitrogen and oxygen atoms in total. The third kappa shape index (κ3) is 18.8. The highest BCUT2D eigenvalue weighted by atomic mass is 14.2. The molecule has 0 atom stereocenters. The van der Waals surface area contributed by atoms with Crippen LogP contribution in [0.25, 0.3) is 0 Å². The largest absolute Gasteiger partial charge is 0.0856 e. The van der Waals surface area contributed by atoms with Gasteiger partial charge in [-0.1, -0.05) is 90.2 Å². The van der Waals surface area contributed by atoms with Gasteiger partial charge in [-0.05, 0) is 125 Å². The van der Waals surface area contributed by atoms with E-state index >= 15 is 0 Å². The second kappa shape index (κ2) is 18.7. The van der Waals surface area contributed by atoms with Crippen molar-refractivity contribution in [2.45, 2.75) is 140 Å². The van der Waals surface area contributed by atoms with Crippen LogP contribution in [0.5, 0.6) is 0 Å². The number of rotatable bonds is 17. The Morgan fingerprint density at radius 1 is 0.471 bits per heavy atom. The van der Waals surface area contributed by atoms with Crippen LogP contribution < -0.4 is 0 Å². The molecule has 0 aliphatic carbocycles. The maximum Gasteiger partial charge on any atom is -0.0259 e. The standard InChI is InChI=1S/C34H58/c1-11-34(10,26-24-32(8)22-14-20-30(6)18-12-16-28(2)3)27-25-33(9)23-15-21-31(7)19-13-17-29(4)5/h16-17,20-21,24-25H,11-15,18-19,22-23,26-27H2,1-10H3. The fraction of sp³-hybridized carbons (Fsp3) is 0.647. The first-order valence-electron chi connectivity index (χ1n) is 13.9. The molecule has 34 heavy (non-hydrogen) atoms. The molecule has 0 spiro atoms. The van der Waals surface area contributed by atoms with E-state index in [1.165, 1.54) is 92.9 Å². The van der Waals surface area contributed by atoms with E-state index in [-0.39, 0.29) is 0 Å². The molecule has 0 aromatic rings. The molecule has 0 aliphatic rings. The quantitative estimate of drug-likeness (QED) is 0.187. The predicted octanol–water partition coefficient (Wildman–Crippen LogP) is 12.0. The molecule has 0 aromatic heterocycles. The van der Waals surface area contributed by atoms with Crippen LogP contribution in [0.1, 0.15) is 140 Å².